The minimum absolute atomic E-state index is 0.0367. The number of ketones is 2. The molecule has 1 fully saturated rings. The summed E-state index contributed by atoms with van der Waals surface area (Å²) in [6.45, 7) is 5.49. The number of nitrogens with zero attached hydrogens (tertiary/aromatic N) is 1. The maximum absolute atomic E-state index is 13.7. The number of methoxy groups -OCH3 is 1. The molecule has 0 radical (unpaired) electrons. The average Bonchev–Trinajstić information content (AvgIpc) is 3.07. The van der Waals surface area contributed by atoms with Crippen LogP contribution in [0.25, 0.3) is 0 Å². The Hall–Kier alpha value is -3.00. The number of likely N-dealkylation sites (tertiary alicyclic amines) is 1. The highest BCUT2D eigenvalue weighted by Crippen LogP contribution is 2.56. The Morgan fingerprint density at radius 2 is 1.80 bits per heavy atom. The van der Waals surface area contributed by atoms with Gasteiger partial charge in [-0.15, -0.1) is 0 Å². The molecule has 4 aliphatic rings. The van der Waals surface area contributed by atoms with Gasteiger partial charge in [0.15, 0.2) is 11.6 Å². The van der Waals surface area contributed by atoms with Crippen molar-refractivity contribution < 1.29 is 29.0 Å². The number of rotatable bonds is 2. The highest BCUT2D eigenvalue weighted by Gasteiger charge is 2.58. The van der Waals surface area contributed by atoms with E-state index >= 15 is 0 Å². The second kappa shape index (κ2) is 8.01. The van der Waals surface area contributed by atoms with Gasteiger partial charge in [-0.1, -0.05) is 11.6 Å². The van der Waals surface area contributed by atoms with Crippen LogP contribution in [0.15, 0.2) is 51.6 Å². The molecule has 0 spiro atoms. The van der Waals surface area contributed by atoms with Crippen LogP contribution < -0.4 is 4.74 Å². The minimum Gasteiger partial charge on any atom is -0.508 e. The van der Waals surface area contributed by atoms with Gasteiger partial charge in [0.25, 0.3) is 0 Å². The van der Waals surface area contributed by atoms with Gasteiger partial charge in [0, 0.05) is 34.2 Å². The summed E-state index contributed by atoms with van der Waals surface area (Å²) >= 11 is 3.21. The summed E-state index contributed by atoms with van der Waals surface area (Å²) in [4.78, 5) is 54.8. The van der Waals surface area contributed by atoms with E-state index in [1.807, 2.05) is 26.8 Å². The Bertz CT molecular complexity index is 1300. The first-order chi connectivity index (χ1) is 16.5. The van der Waals surface area contributed by atoms with Gasteiger partial charge in [0.1, 0.15) is 11.5 Å². The molecule has 0 bridgehead atoms. The van der Waals surface area contributed by atoms with Gasteiger partial charge in [0.2, 0.25) is 11.8 Å². The molecule has 1 heterocycles. The van der Waals surface area contributed by atoms with Crippen molar-refractivity contribution in [3.05, 3.63) is 57.1 Å². The summed E-state index contributed by atoms with van der Waals surface area (Å²) in [5.41, 5.74) is 1.19. The number of allylic oxidation sites excluding steroid dienone is 6. The predicted molar refractivity (Wildman–Crippen MR) is 131 cm³/mol. The van der Waals surface area contributed by atoms with E-state index in [0.29, 0.717) is 28.9 Å². The number of ether oxygens (including phenoxy) is 1. The van der Waals surface area contributed by atoms with Crippen molar-refractivity contribution in [3.63, 3.8) is 0 Å². The van der Waals surface area contributed by atoms with Crippen molar-refractivity contribution in [1.82, 2.24) is 4.90 Å². The molecule has 7 nitrogen and oxygen atoms in total. The van der Waals surface area contributed by atoms with Crippen molar-refractivity contribution in [2.45, 2.75) is 45.1 Å². The zero-order valence-electron chi connectivity index (χ0n) is 19.9. The van der Waals surface area contributed by atoms with Gasteiger partial charge in [-0.25, -0.2) is 0 Å². The molecule has 1 aromatic carbocycles. The van der Waals surface area contributed by atoms with Crippen LogP contribution in [0.2, 0.25) is 0 Å². The van der Waals surface area contributed by atoms with Gasteiger partial charge in [-0.3, -0.25) is 24.1 Å². The van der Waals surface area contributed by atoms with Gasteiger partial charge in [-0.05, 0) is 73.7 Å². The van der Waals surface area contributed by atoms with E-state index in [1.54, 1.807) is 12.1 Å². The number of carbonyl (C=O) groups excluding carboxylic acids is 4. The molecular weight excluding hydrogens is 514 g/mol. The maximum Gasteiger partial charge on any atom is 0.234 e. The van der Waals surface area contributed by atoms with Crippen LogP contribution in [0.3, 0.4) is 0 Å². The Balaban J connectivity index is 1.71. The number of amides is 2. The third kappa shape index (κ3) is 3.44. The Morgan fingerprint density at radius 1 is 1.09 bits per heavy atom. The zero-order valence-corrected chi connectivity index (χ0v) is 21.5. The van der Waals surface area contributed by atoms with Crippen molar-refractivity contribution in [3.8, 4) is 11.5 Å². The van der Waals surface area contributed by atoms with E-state index in [-0.39, 0.29) is 40.0 Å². The van der Waals surface area contributed by atoms with Crippen molar-refractivity contribution in [1.29, 1.82) is 0 Å². The summed E-state index contributed by atoms with van der Waals surface area (Å²) in [5, 5.41) is 10.8. The average molecular weight is 540 g/mol. The van der Waals surface area contributed by atoms with E-state index < -0.39 is 29.2 Å². The lowest BCUT2D eigenvalue weighted by Crippen LogP contribution is -2.46. The van der Waals surface area contributed by atoms with Crippen LogP contribution in [0.4, 0.5) is 0 Å². The van der Waals surface area contributed by atoms with Gasteiger partial charge in [0.05, 0.1) is 23.4 Å². The standard InChI is InChI=1S/C27H26BrNO6/c1-27(2,3)29-25(33)14-7-6-13-15(22(14)26(29)34)10-17-23(20(31)11-18(28)24(17)32)21(13)16-9-12(35-4)5-8-19(16)30/h5-6,8-9,11,14-15,21-22,30H,7,10H2,1-4H3. The molecule has 4 unspecified atom stereocenters. The second-order valence-electron chi connectivity index (χ2n) is 10.5. The van der Waals surface area contributed by atoms with Crippen molar-refractivity contribution >= 4 is 39.3 Å². The first-order valence-corrected chi connectivity index (χ1v) is 12.4. The van der Waals surface area contributed by atoms with E-state index in [1.165, 1.54) is 24.2 Å². The molecule has 0 saturated carbocycles. The number of halogens is 1. The topological polar surface area (TPSA) is 101 Å². The largest absolute Gasteiger partial charge is 0.508 e. The number of phenols is 1. The lowest BCUT2D eigenvalue weighted by atomic mass is 9.59. The lowest BCUT2D eigenvalue weighted by molar-refractivity contribution is -0.145. The van der Waals surface area contributed by atoms with Crippen LogP contribution in [-0.4, -0.2) is 46.0 Å². The van der Waals surface area contributed by atoms with E-state index in [0.717, 1.165) is 5.57 Å². The Kier molecular flexibility index (Phi) is 5.43. The summed E-state index contributed by atoms with van der Waals surface area (Å²) in [6, 6.07) is 4.77. The Morgan fingerprint density at radius 3 is 2.46 bits per heavy atom. The number of hydrogen-bond acceptors (Lipinski definition) is 6. The van der Waals surface area contributed by atoms with E-state index in [4.69, 9.17) is 4.74 Å². The first kappa shape index (κ1) is 23.7. The van der Waals surface area contributed by atoms with Crippen LogP contribution in [-0.2, 0) is 19.2 Å². The molecule has 2 amide bonds. The highest BCUT2D eigenvalue weighted by molar-refractivity contribution is 9.12. The molecule has 8 heteroatoms. The number of hydrogen-bond donors (Lipinski definition) is 1. The van der Waals surface area contributed by atoms with E-state index in [2.05, 4.69) is 15.9 Å². The van der Waals surface area contributed by atoms with Crippen LogP contribution in [0.5, 0.6) is 11.5 Å². The SMILES string of the molecule is COc1ccc(O)c(C2C3=CCC4C(=O)N(C(C)(C)C)C(=O)C4C3CC3=C2C(=O)C=C(Br)C3=O)c1. The predicted octanol–water partition coefficient (Wildman–Crippen LogP) is 3.96. The molecule has 1 aromatic rings. The molecular formula is C27H26BrNO6. The zero-order chi connectivity index (χ0) is 25.4. The molecule has 1 N–H and O–H groups in total. The second-order valence-corrected chi connectivity index (χ2v) is 11.4. The fourth-order valence-corrected chi connectivity index (χ4v) is 6.56. The van der Waals surface area contributed by atoms with Crippen molar-refractivity contribution in [2.75, 3.05) is 7.11 Å². The van der Waals surface area contributed by atoms with Crippen LogP contribution >= 0.6 is 15.9 Å². The first-order valence-electron chi connectivity index (χ1n) is 11.6. The quantitative estimate of drug-likeness (QED) is 0.346. The maximum atomic E-state index is 13.7. The number of phenolic OH excluding ortho intramolecular Hbond substituents is 1. The number of carbonyl (C=O) groups is 4. The molecule has 0 aromatic heterocycles. The van der Waals surface area contributed by atoms with Gasteiger partial charge >= 0.3 is 0 Å². The Labute approximate surface area is 211 Å². The third-order valence-electron chi connectivity index (χ3n) is 7.55. The monoisotopic (exact) mass is 539 g/mol. The molecule has 182 valence electrons. The van der Waals surface area contributed by atoms with Gasteiger partial charge < -0.3 is 9.84 Å². The molecule has 5 rings (SSSR count). The summed E-state index contributed by atoms with van der Waals surface area (Å²) < 4.78 is 5.53. The number of imide groups is 1. The van der Waals surface area contributed by atoms with Crippen molar-refractivity contribution in [2.24, 2.45) is 17.8 Å². The fraction of sp³-hybridized carbons (Fsp3) is 0.407. The number of aromatic hydroxyl groups is 1. The molecule has 35 heavy (non-hydrogen) atoms. The summed E-state index contributed by atoms with van der Waals surface area (Å²) in [5.74, 6) is -2.91. The number of benzene rings is 1. The molecule has 1 saturated heterocycles. The van der Waals surface area contributed by atoms with Crippen LogP contribution in [0.1, 0.15) is 45.1 Å². The van der Waals surface area contributed by atoms with E-state index in [9.17, 15) is 24.3 Å². The van der Waals surface area contributed by atoms with Gasteiger partial charge in [-0.2, -0.15) is 0 Å². The number of fused-ring (bicyclic) bond motifs is 3. The summed E-state index contributed by atoms with van der Waals surface area (Å²) in [7, 11) is 1.51. The molecule has 1 aliphatic heterocycles. The lowest BCUT2D eigenvalue weighted by Gasteiger charge is -2.42. The minimum atomic E-state index is -0.723. The fourth-order valence-electron chi connectivity index (χ4n) is 6.11. The smallest absolute Gasteiger partial charge is 0.234 e. The molecule has 3 aliphatic carbocycles. The molecule has 4 atom stereocenters. The van der Waals surface area contributed by atoms with Crippen LogP contribution in [0, 0.1) is 17.8 Å². The highest BCUT2D eigenvalue weighted by atomic mass is 79.9. The summed E-state index contributed by atoms with van der Waals surface area (Å²) in [6.07, 6.45) is 3.75. The number of Topliss-reactive ketones (excluding diaryl/α,β-unsaturated/α-hetero) is 1. The third-order valence-corrected chi connectivity index (χ3v) is 8.14. The normalized spacial score (nSPS) is 28.4.